The van der Waals surface area contributed by atoms with Gasteiger partial charge in [0.1, 0.15) is 34.0 Å². The third-order valence-corrected chi connectivity index (χ3v) is 10.6. The number of methoxy groups -OCH3 is 2. The Bertz CT molecular complexity index is 2470. The van der Waals surface area contributed by atoms with Crippen molar-refractivity contribution in [2.24, 2.45) is 0 Å². The molecule has 7 aromatic rings. The maximum absolute atomic E-state index is 15.4. The highest BCUT2D eigenvalue weighted by atomic mass is 31.2. The molecule has 1 radical (unpaired) electrons. The van der Waals surface area contributed by atoms with Crippen LogP contribution in [0.25, 0.3) is 23.0 Å². The van der Waals surface area contributed by atoms with Crippen LogP contribution in [0.4, 0.5) is 0 Å². The lowest BCUT2D eigenvalue weighted by atomic mass is 10.2. The van der Waals surface area contributed by atoms with Crippen LogP contribution >= 0.6 is 7.60 Å². The van der Waals surface area contributed by atoms with E-state index in [4.69, 9.17) is 18.5 Å². The first-order valence-electron chi connectivity index (χ1n) is 17.9. The number of hydrogen-bond acceptors (Lipinski definition) is 15. The lowest BCUT2D eigenvalue weighted by Crippen LogP contribution is -2.34. The molecule has 3 aromatic carbocycles. The second-order valence-electron chi connectivity index (χ2n) is 12.5. The van der Waals surface area contributed by atoms with Gasteiger partial charge >= 0.3 is 7.60 Å². The lowest BCUT2D eigenvalue weighted by Gasteiger charge is -2.29. The molecule has 4 aromatic heterocycles. The topological polar surface area (TPSA) is 230 Å². The smallest absolute Gasteiger partial charge is 0.365 e. The quantitative estimate of drug-likeness (QED) is 0.0715. The summed E-state index contributed by atoms with van der Waals surface area (Å²) in [7, 11) is -1.74. The molecular weight excluding hydrogens is 791 g/mol. The standard InChI is InChI=1S/C42H34N8O9P/c1-56-28-18-14-26(15-19-28)41(49-39(53)31-24-45-35(47-37(31)51)33-12-6-8-22-43-33)58-60(55,30-10-4-3-5-11-30)59-42(27-16-20-29(57-2)21-17-27)50-40(54)32-25-46-36(48-38(32)52)34-13-7-9-23-44-34/h3-4,6-25,41-42H,1-2H3,(H,49,53)(H,50,54)(H,45,47,51)(H,46,48,52). The van der Waals surface area contributed by atoms with Crippen LogP contribution in [-0.4, -0.2) is 66.2 Å². The highest BCUT2D eigenvalue weighted by molar-refractivity contribution is 7.62. The summed E-state index contributed by atoms with van der Waals surface area (Å²) in [6.45, 7) is 0. The van der Waals surface area contributed by atoms with Crippen LogP contribution in [0.15, 0.2) is 134 Å². The fraction of sp³-hybridized carbons (Fsp3) is 0.0952. The van der Waals surface area contributed by atoms with E-state index in [1.165, 1.54) is 38.7 Å². The molecule has 0 aliphatic heterocycles. The molecule has 0 bridgehead atoms. The van der Waals surface area contributed by atoms with Gasteiger partial charge in [0, 0.05) is 35.9 Å². The molecule has 4 N–H and O–H groups in total. The van der Waals surface area contributed by atoms with Gasteiger partial charge in [-0.3, -0.25) is 33.2 Å². The third-order valence-electron chi connectivity index (χ3n) is 8.67. The lowest BCUT2D eigenvalue weighted by molar-refractivity contribution is 0.0656. The minimum Gasteiger partial charge on any atom is -0.497 e. The van der Waals surface area contributed by atoms with Crippen LogP contribution < -0.4 is 25.4 Å². The summed E-state index contributed by atoms with van der Waals surface area (Å²) in [6, 6.07) is 31.5. The Kier molecular flexibility index (Phi) is 12.4. The molecule has 7 rings (SSSR count). The van der Waals surface area contributed by atoms with Crippen LogP contribution in [0.3, 0.4) is 0 Å². The summed E-state index contributed by atoms with van der Waals surface area (Å²) in [5, 5.41) is 27.1. The van der Waals surface area contributed by atoms with E-state index in [1.807, 2.05) is 0 Å². The highest BCUT2D eigenvalue weighted by Gasteiger charge is 2.38. The van der Waals surface area contributed by atoms with Gasteiger partial charge in [-0.2, -0.15) is 9.97 Å². The van der Waals surface area contributed by atoms with Crippen molar-refractivity contribution in [3.63, 3.8) is 0 Å². The molecule has 4 heterocycles. The number of pyridine rings is 2. The summed E-state index contributed by atoms with van der Waals surface area (Å²) < 4.78 is 38.7. The molecule has 2 amide bonds. The second kappa shape index (κ2) is 18.3. The van der Waals surface area contributed by atoms with E-state index in [1.54, 1.807) is 97.1 Å². The van der Waals surface area contributed by atoms with Crippen molar-refractivity contribution in [1.82, 2.24) is 40.5 Å². The molecule has 301 valence electrons. The van der Waals surface area contributed by atoms with Gasteiger partial charge in [-0.05, 0) is 66.7 Å². The second-order valence-corrected chi connectivity index (χ2v) is 14.4. The van der Waals surface area contributed by atoms with E-state index in [0.29, 0.717) is 22.9 Å². The first kappa shape index (κ1) is 40.6. The van der Waals surface area contributed by atoms with E-state index < -0.39 is 43.6 Å². The molecule has 2 atom stereocenters. The molecule has 0 aliphatic carbocycles. The number of aromatic hydroxyl groups is 2. The summed E-state index contributed by atoms with van der Waals surface area (Å²) in [5.41, 5.74) is 0.608. The molecule has 18 heteroatoms. The molecule has 0 spiro atoms. The Morgan fingerprint density at radius 1 is 0.633 bits per heavy atom. The van der Waals surface area contributed by atoms with Crippen LogP contribution in [-0.2, 0) is 13.6 Å². The molecular formula is C42H34N8O9P. The predicted molar refractivity (Wildman–Crippen MR) is 215 cm³/mol. The Labute approximate surface area is 342 Å². The number of carbonyl (C=O) groups excluding carboxylic acids is 2. The van der Waals surface area contributed by atoms with E-state index in [0.717, 1.165) is 12.4 Å². The van der Waals surface area contributed by atoms with Gasteiger partial charge in [-0.1, -0.05) is 48.5 Å². The first-order chi connectivity index (χ1) is 29.1. The average Bonchev–Trinajstić information content (AvgIpc) is 3.29. The first-order valence-corrected chi connectivity index (χ1v) is 19.5. The Morgan fingerprint density at radius 3 is 1.47 bits per heavy atom. The van der Waals surface area contributed by atoms with Gasteiger partial charge in [0.25, 0.3) is 11.8 Å². The maximum Gasteiger partial charge on any atom is 0.365 e. The van der Waals surface area contributed by atoms with E-state index >= 15 is 4.57 Å². The van der Waals surface area contributed by atoms with Crippen LogP contribution in [0.1, 0.15) is 44.3 Å². The van der Waals surface area contributed by atoms with Gasteiger partial charge in [-0.25, -0.2) is 9.97 Å². The number of amides is 2. The fourth-order valence-corrected chi connectivity index (χ4v) is 7.27. The van der Waals surface area contributed by atoms with Crippen molar-refractivity contribution >= 4 is 24.7 Å². The minimum atomic E-state index is -4.69. The summed E-state index contributed by atoms with van der Waals surface area (Å²) >= 11 is 0. The van der Waals surface area contributed by atoms with Crippen molar-refractivity contribution in [2.45, 2.75) is 12.5 Å². The molecule has 0 aliphatic rings. The van der Waals surface area contributed by atoms with Gasteiger partial charge in [-0.15, -0.1) is 0 Å². The number of ether oxygens (including phenoxy) is 2. The number of rotatable bonds is 15. The van der Waals surface area contributed by atoms with Gasteiger partial charge in [0.2, 0.25) is 11.8 Å². The number of benzene rings is 3. The van der Waals surface area contributed by atoms with Crippen molar-refractivity contribution in [3.8, 4) is 46.3 Å². The van der Waals surface area contributed by atoms with E-state index in [-0.39, 0.29) is 39.2 Å². The van der Waals surface area contributed by atoms with Crippen LogP contribution in [0.2, 0.25) is 0 Å². The van der Waals surface area contributed by atoms with Crippen LogP contribution in [0.5, 0.6) is 23.3 Å². The van der Waals surface area contributed by atoms with Crippen molar-refractivity contribution in [2.75, 3.05) is 14.2 Å². The van der Waals surface area contributed by atoms with Crippen molar-refractivity contribution in [1.29, 1.82) is 0 Å². The zero-order chi connectivity index (χ0) is 42.1. The number of carbonyl (C=O) groups is 2. The number of nitrogens with zero attached hydrogens (tertiary/aromatic N) is 6. The molecule has 2 unspecified atom stereocenters. The Balaban J connectivity index is 1.24. The summed E-state index contributed by atoms with van der Waals surface area (Å²) in [6.07, 6.45) is 2.20. The maximum atomic E-state index is 15.4. The third kappa shape index (κ3) is 9.40. The van der Waals surface area contributed by atoms with Gasteiger partial charge < -0.3 is 30.3 Å². The molecule has 17 nitrogen and oxygen atoms in total. The molecule has 0 fully saturated rings. The summed E-state index contributed by atoms with van der Waals surface area (Å²) in [5.74, 6) is -2.04. The Morgan fingerprint density at radius 2 is 1.10 bits per heavy atom. The van der Waals surface area contributed by atoms with Gasteiger partial charge in [0.15, 0.2) is 24.1 Å². The average molecular weight is 826 g/mol. The Hall–Kier alpha value is -7.59. The zero-order valence-corrected chi connectivity index (χ0v) is 32.6. The van der Waals surface area contributed by atoms with Crippen LogP contribution in [0, 0.1) is 6.07 Å². The normalized spacial score (nSPS) is 13.0. The predicted octanol–water partition coefficient (Wildman–Crippen LogP) is 5.73. The van der Waals surface area contributed by atoms with Crippen molar-refractivity contribution < 1.29 is 42.9 Å². The number of hydrogen-bond donors (Lipinski definition) is 4. The van der Waals surface area contributed by atoms with E-state index in [2.05, 4.69) is 46.6 Å². The molecule has 0 saturated heterocycles. The number of nitrogens with one attached hydrogen (secondary N) is 2. The van der Waals surface area contributed by atoms with Crippen molar-refractivity contribution in [3.05, 3.63) is 162 Å². The largest absolute Gasteiger partial charge is 0.497 e. The highest BCUT2D eigenvalue weighted by Crippen LogP contribution is 2.53. The summed E-state index contributed by atoms with van der Waals surface area (Å²) in [4.78, 5) is 52.6. The van der Waals surface area contributed by atoms with E-state index in [9.17, 15) is 19.8 Å². The SMILES string of the molecule is COc1ccc(C(NC(=O)c2cnc(-c3ccccn3)nc2O)OP(=O)(OC(NC(=O)c2cnc(-c3ccccn3)nc2O)c2ccc(OC)cc2)c2c[c]ccc2)cc1. The zero-order valence-electron chi connectivity index (χ0n) is 31.7. The molecule has 60 heavy (non-hydrogen) atoms. The minimum absolute atomic E-state index is 0.0117. The number of aromatic nitrogens is 6. The monoisotopic (exact) mass is 825 g/mol. The molecule has 0 saturated carbocycles. The fourth-order valence-electron chi connectivity index (χ4n) is 5.57. The van der Waals surface area contributed by atoms with Gasteiger partial charge in [0.05, 0.1) is 19.5 Å².